The van der Waals surface area contributed by atoms with Crippen LogP contribution in [0.3, 0.4) is 0 Å². The van der Waals surface area contributed by atoms with Crippen LogP contribution in [0, 0.1) is 6.92 Å². The third-order valence-electron chi connectivity index (χ3n) is 3.63. The number of amides is 1. The fraction of sp³-hybridized carbons (Fsp3) is 0.294. The predicted molar refractivity (Wildman–Crippen MR) is 92.3 cm³/mol. The highest BCUT2D eigenvalue weighted by Gasteiger charge is 2.22. The number of hydrogen-bond acceptors (Lipinski definition) is 5. The Kier molecular flexibility index (Phi) is 5.01. The molecule has 0 aliphatic carbocycles. The monoisotopic (exact) mass is 392 g/mol. The fourth-order valence-electron chi connectivity index (χ4n) is 2.42. The summed E-state index contributed by atoms with van der Waals surface area (Å²) in [5.41, 5.74) is 1.59. The predicted octanol–water partition coefficient (Wildman–Crippen LogP) is 2.99. The first-order valence-electron chi connectivity index (χ1n) is 7.56. The van der Waals surface area contributed by atoms with E-state index in [4.69, 9.17) is 9.47 Å². The maximum atomic E-state index is 12.3. The summed E-state index contributed by atoms with van der Waals surface area (Å²) < 4.78 is 11.9. The standard InChI is InChI=1S/C17H17BrN2O4/c1-10-4-2-5-19-14(10)15(21)17(22)20-11-8-12(18)16-13(9-11)23-6-3-7-24-16/h2,4-5,8-9,15,21H,3,6-7H2,1H3,(H,20,22). The first-order chi connectivity index (χ1) is 11.6. The van der Waals surface area contributed by atoms with E-state index in [0.29, 0.717) is 40.6 Å². The zero-order chi connectivity index (χ0) is 17.1. The molecule has 0 spiro atoms. The first kappa shape index (κ1) is 16.7. The van der Waals surface area contributed by atoms with Gasteiger partial charge in [0.05, 0.1) is 23.4 Å². The molecule has 7 heteroatoms. The Hall–Kier alpha value is -2.12. The molecule has 0 bridgehead atoms. The second kappa shape index (κ2) is 7.19. The van der Waals surface area contributed by atoms with Crippen molar-refractivity contribution in [3.63, 3.8) is 0 Å². The number of pyridine rings is 1. The molecule has 1 amide bonds. The second-order valence-corrected chi connectivity index (χ2v) is 6.29. The van der Waals surface area contributed by atoms with Crippen LogP contribution in [0.2, 0.25) is 0 Å². The van der Waals surface area contributed by atoms with E-state index in [1.54, 1.807) is 37.4 Å². The van der Waals surface area contributed by atoms with E-state index in [0.717, 1.165) is 12.0 Å². The lowest BCUT2D eigenvalue weighted by atomic mass is 10.1. The van der Waals surface area contributed by atoms with Gasteiger partial charge in [-0.2, -0.15) is 0 Å². The Morgan fingerprint density at radius 1 is 1.38 bits per heavy atom. The molecule has 2 aromatic rings. The van der Waals surface area contributed by atoms with E-state index < -0.39 is 12.0 Å². The Bertz CT molecular complexity index is 766. The highest BCUT2D eigenvalue weighted by atomic mass is 79.9. The largest absolute Gasteiger partial charge is 0.489 e. The number of anilines is 1. The molecule has 1 aliphatic rings. The van der Waals surface area contributed by atoms with Gasteiger partial charge in [-0.15, -0.1) is 0 Å². The summed E-state index contributed by atoms with van der Waals surface area (Å²) in [6.45, 7) is 2.92. The van der Waals surface area contributed by atoms with Crippen molar-refractivity contribution in [2.45, 2.75) is 19.4 Å². The van der Waals surface area contributed by atoms with Gasteiger partial charge in [-0.1, -0.05) is 6.07 Å². The molecule has 126 valence electrons. The van der Waals surface area contributed by atoms with Crippen LogP contribution in [-0.2, 0) is 4.79 Å². The molecule has 1 aliphatic heterocycles. The van der Waals surface area contributed by atoms with Crippen LogP contribution in [0.5, 0.6) is 11.5 Å². The van der Waals surface area contributed by atoms with E-state index in [-0.39, 0.29) is 0 Å². The minimum absolute atomic E-state index is 0.336. The van der Waals surface area contributed by atoms with E-state index in [2.05, 4.69) is 26.2 Å². The first-order valence-corrected chi connectivity index (χ1v) is 8.35. The lowest BCUT2D eigenvalue weighted by Crippen LogP contribution is -2.22. The average molecular weight is 393 g/mol. The van der Waals surface area contributed by atoms with Gasteiger partial charge < -0.3 is 19.9 Å². The van der Waals surface area contributed by atoms with Gasteiger partial charge in [0.1, 0.15) is 0 Å². The average Bonchev–Trinajstić information content (AvgIpc) is 2.80. The molecular formula is C17H17BrN2O4. The summed E-state index contributed by atoms with van der Waals surface area (Å²) in [6, 6.07) is 6.94. The molecule has 1 unspecified atom stereocenters. The number of aliphatic hydroxyl groups excluding tert-OH is 1. The van der Waals surface area contributed by atoms with Gasteiger partial charge in [0.25, 0.3) is 5.91 Å². The van der Waals surface area contributed by atoms with Gasteiger partial charge in [-0.05, 0) is 40.5 Å². The smallest absolute Gasteiger partial charge is 0.259 e. The zero-order valence-corrected chi connectivity index (χ0v) is 14.7. The van der Waals surface area contributed by atoms with Crippen LogP contribution in [0.4, 0.5) is 5.69 Å². The van der Waals surface area contributed by atoms with E-state index in [9.17, 15) is 9.90 Å². The van der Waals surface area contributed by atoms with E-state index in [1.165, 1.54) is 0 Å². The molecule has 0 saturated carbocycles. The van der Waals surface area contributed by atoms with E-state index >= 15 is 0 Å². The van der Waals surface area contributed by atoms with Crippen molar-refractivity contribution in [3.8, 4) is 11.5 Å². The summed E-state index contributed by atoms with van der Waals surface area (Å²) in [5.74, 6) is 0.616. The highest BCUT2D eigenvalue weighted by Crippen LogP contribution is 2.39. The highest BCUT2D eigenvalue weighted by molar-refractivity contribution is 9.10. The van der Waals surface area contributed by atoms with Crippen molar-refractivity contribution in [1.82, 2.24) is 4.98 Å². The van der Waals surface area contributed by atoms with Crippen molar-refractivity contribution in [2.75, 3.05) is 18.5 Å². The molecular weight excluding hydrogens is 376 g/mol. The number of halogens is 1. The molecule has 2 heterocycles. The molecule has 6 nitrogen and oxygen atoms in total. The minimum atomic E-state index is -1.35. The minimum Gasteiger partial charge on any atom is -0.489 e. The van der Waals surface area contributed by atoms with E-state index in [1.807, 2.05) is 0 Å². The molecule has 24 heavy (non-hydrogen) atoms. The lowest BCUT2D eigenvalue weighted by molar-refractivity contribution is -0.124. The van der Waals surface area contributed by atoms with Gasteiger partial charge in [0.2, 0.25) is 0 Å². The molecule has 1 atom stereocenters. The summed E-state index contributed by atoms with van der Waals surface area (Å²) in [5, 5.41) is 12.9. The van der Waals surface area contributed by atoms with Gasteiger partial charge >= 0.3 is 0 Å². The van der Waals surface area contributed by atoms with Crippen LogP contribution in [-0.4, -0.2) is 29.2 Å². The number of nitrogens with zero attached hydrogens (tertiary/aromatic N) is 1. The van der Waals surface area contributed by atoms with Crippen molar-refractivity contribution in [2.24, 2.45) is 0 Å². The number of ether oxygens (including phenoxy) is 2. The SMILES string of the molecule is Cc1cccnc1C(O)C(=O)Nc1cc(Br)c2c(c1)OCCCO2. The maximum Gasteiger partial charge on any atom is 0.259 e. The van der Waals surface area contributed by atoms with Gasteiger partial charge in [-0.3, -0.25) is 9.78 Å². The quantitative estimate of drug-likeness (QED) is 0.838. The van der Waals surface area contributed by atoms with Crippen molar-refractivity contribution in [3.05, 3.63) is 46.2 Å². The zero-order valence-electron chi connectivity index (χ0n) is 13.1. The van der Waals surface area contributed by atoms with Gasteiger partial charge in [-0.25, -0.2) is 0 Å². The Balaban J connectivity index is 1.81. The van der Waals surface area contributed by atoms with Crippen molar-refractivity contribution >= 4 is 27.5 Å². The molecule has 3 rings (SSSR count). The topological polar surface area (TPSA) is 80.7 Å². The fourth-order valence-corrected chi connectivity index (χ4v) is 2.98. The number of aryl methyl sites for hydroxylation is 1. The number of aromatic nitrogens is 1. The summed E-state index contributed by atoms with van der Waals surface area (Å²) in [7, 11) is 0. The van der Waals surface area contributed by atoms with Crippen LogP contribution in [0.1, 0.15) is 23.8 Å². The summed E-state index contributed by atoms with van der Waals surface area (Å²) in [4.78, 5) is 16.4. The molecule has 1 aromatic heterocycles. The van der Waals surface area contributed by atoms with Crippen molar-refractivity contribution < 1.29 is 19.4 Å². The lowest BCUT2D eigenvalue weighted by Gasteiger charge is -2.15. The Morgan fingerprint density at radius 2 is 2.17 bits per heavy atom. The molecule has 0 radical (unpaired) electrons. The second-order valence-electron chi connectivity index (χ2n) is 5.43. The Morgan fingerprint density at radius 3 is 2.96 bits per heavy atom. The number of carbonyl (C=O) groups excluding carboxylic acids is 1. The number of aliphatic hydroxyl groups is 1. The number of hydrogen-bond donors (Lipinski definition) is 2. The van der Waals surface area contributed by atoms with Crippen molar-refractivity contribution in [1.29, 1.82) is 0 Å². The molecule has 1 aromatic carbocycles. The Labute approximate surface area is 147 Å². The number of carbonyl (C=O) groups is 1. The van der Waals surface area contributed by atoms with Crippen LogP contribution in [0.15, 0.2) is 34.9 Å². The number of benzene rings is 1. The molecule has 2 N–H and O–H groups in total. The normalized spacial score (nSPS) is 14.6. The summed E-state index contributed by atoms with van der Waals surface area (Å²) >= 11 is 3.42. The maximum absolute atomic E-state index is 12.3. The molecule has 0 fully saturated rings. The van der Waals surface area contributed by atoms with Crippen LogP contribution < -0.4 is 14.8 Å². The number of fused-ring (bicyclic) bond motifs is 1. The van der Waals surface area contributed by atoms with Gasteiger partial charge in [0.15, 0.2) is 17.6 Å². The van der Waals surface area contributed by atoms with Crippen LogP contribution >= 0.6 is 15.9 Å². The number of rotatable bonds is 3. The summed E-state index contributed by atoms with van der Waals surface area (Å²) in [6.07, 6.45) is 0.990. The van der Waals surface area contributed by atoms with Crippen LogP contribution in [0.25, 0.3) is 0 Å². The number of nitrogens with one attached hydrogen (secondary N) is 1. The van der Waals surface area contributed by atoms with Gasteiger partial charge in [0, 0.05) is 24.4 Å². The third-order valence-corrected chi connectivity index (χ3v) is 4.22. The third kappa shape index (κ3) is 3.52. The molecule has 0 saturated heterocycles.